The second-order valence-corrected chi connectivity index (χ2v) is 13.6. The number of fused-ring (bicyclic) bond motifs is 1. The van der Waals surface area contributed by atoms with Gasteiger partial charge >= 0.3 is 18.1 Å². The molecule has 1 aliphatic heterocycles. The SMILES string of the molecule is CCC(C)(C)Sc1cc(C)c(C(=O)OC)cc1[N+](=O)[O-].COC(=O)c1cc2c(cc1C)SC(C)(C)C(=O)C2.O=C=O. The summed E-state index contributed by atoms with van der Waals surface area (Å²) in [5, 5.41) is 11.2. The Morgan fingerprint density at radius 3 is 2.00 bits per heavy atom. The number of thioether (sulfide) groups is 2. The lowest BCUT2D eigenvalue weighted by atomic mass is 9.96. The molecule has 222 valence electrons. The Morgan fingerprint density at radius 2 is 1.54 bits per heavy atom. The molecule has 0 aromatic heterocycles. The van der Waals surface area contributed by atoms with Gasteiger partial charge in [-0.05, 0) is 69.0 Å². The fourth-order valence-corrected chi connectivity index (χ4v) is 6.05. The molecule has 1 aliphatic rings. The Hall–Kier alpha value is -3.47. The van der Waals surface area contributed by atoms with Crippen molar-refractivity contribution in [3.8, 4) is 0 Å². The molecular weight excluding hydrogens is 570 g/mol. The zero-order chi connectivity index (χ0) is 31.7. The van der Waals surface area contributed by atoms with Gasteiger partial charge in [0.05, 0.1) is 39.9 Å². The highest BCUT2D eigenvalue weighted by Gasteiger charge is 2.35. The van der Waals surface area contributed by atoms with E-state index >= 15 is 0 Å². The van der Waals surface area contributed by atoms with E-state index in [0.29, 0.717) is 22.4 Å². The van der Waals surface area contributed by atoms with Crippen LogP contribution >= 0.6 is 23.5 Å². The predicted molar refractivity (Wildman–Crippen MR) is 156 cm³/mol. The van der Waals surface area contributed by atoms with Gasteiger partial charge in [-0.3, -0.25) is 14.9 Å². The summed E-state index contributed by atoms with van der Waals surface area (Å²) < 4.78 is 8.90. The number of esters is 2. The number of ether oxygens (including phenoxy) is 2. The van der Waals surface area contributed by atoms with Crippen LogP contribution in [0.25, 0.3) is 0 Å². The smallest absolute Gasteiger partial charge is 0.373 e. The van der Waals surface area contributed by atoms with Crippen molar-refractivity contribution < 1.29 is 38.4 Å². The van der Waals surface area contributed by atoms with E-state index in [2.05, 4.69) is 4.74 Å². The number of benzene rings is 2. The van der Waals surface area contributed by atoms with Gasteiger partial charge in [0.25, 0.3) is 5.69 Å². The van der Waals surface area contributed by atoms with Gasteiger partial charge in [-0.1, -0.05) is 20.8 Å². The Balaban J connectivity index is 0.000000375. The fourth-order valence-electron chi connectivity index (χ4n) is 3.60. The van der Waals surface area contributed by atoms with Gasteiger partial charge in [0.2, 0.25) is 0 Å². The number of Topliss-reactive ketones (excluding diaryl/α,β-unsaturated/α-hetero) is 1. The van der Waals surface area contributed by atoms with E-state index in [-0.39, 0.29) is 38.6 Å². The summed E-state index contributed by atoms with van der Waals surface area (Å²) in [4.78, 5) is 63.9. The predicted octanol–water partition coefficient (Wildman–Crippen LogP) is 6.16. The molecule has 0 aliphatic carbocycles. The van der Waals surface area contributed by atoms with E-state index < -0.39 is 10.9 Å². The second-order valence-electron chi connectivity index (χ2n) is 10.2. The fraction of sp³-hybridized carbons (Fsp3) is 0.448. The summed E-state index contributed by atoms with van der Waals surface area (Å²) in [5.41, 5.74) is 3.22. The number of carbonyl (C=O) groups is 3. The highest BCUT2D eigenvalue weighted by molar-refractivity contribution is 8.01. The van der Waals surface area contributed by atoms with Crippen LogP contribution in [-0.4, -0.2) is 52.5 Å². The first-order valence-electron chi connectivity index (χ1n) is 12.5. The minimum Gasteiger partial charge on any atom is -0.465 e. The van der Waals surface area contributed by atoms with Crippen LogP contribution in [0.3, 0.4) is 0 Å². The largest absolute Gasteiger partial charge is 0.465 e. The highest BCUT2D eigenvalue weighted by Crippen LogP contribution is 2.42. The lowest BCUT2D eigenvalue weighted by Gasteiger charge is -2.29. The van der Waals surface area contributed by atoms with E-state index in [1.165, 1.54) is 32.0 Å². The maximum atomic E-state index is 12.0. The van der Waals surface area contributed by atoms with Crippen LogP contribution in [0.1, 0.15) is 78.4 Å². The quantitative estimate of drug-likeness (QED) is 0.161. The third kappa shape index (κ3) is 9.55. The van der Waals surface area contributed by atoms with Gasteiger partial charge in [-0.15, -0.1) is 23.5 Å². The summed E-state index contributed by atoms with van der Waals surface area (Å²) in [5.74, 6) is -0.714. The van der Waals surface area contributed by atoms with E-state index in [9.17, 15) is 24.5 Å². The van der Waals surface area contributed by atoms with Crippen LogP contribution in [-0.2, 0) is 30.3 Å². The average Bonchev–Trinajstić information content (AvgIpc) is 2.89. The molecule has 1 heterocycles. The van der Waals surface area contributed by atoms with Crippen molar-refractivity contribution in [1.29, 1.82) is 0 Å². The molecule has 0 unspecified atom stereocenters. The van der Waals surface area contributed by atoms with Crippen molar-refractivity contribution in [2.24, 2.45) is 0 Å². The maximum Gasteiger partial charge on any atom is 0.373 e. The van der Waals surface area contributed by atoms with E-state index in [4.69, 9.17) is 14.3 Å². The zero-order valence-electron chi connectivity index (χ0n) is 24.7. The lowest BCUT2D eigenvalue weighted by Crippen LogP contribution is -2.33. The van der Waals surface area contributed by atoms with E-state index in [1.807, 2.05) is 47.6 Å². The van der Waals surface area contributed by atoms with Gasteiger partial charge in [0.15, 0.2) is 5.78 Å². The van der Waals surface area contributed by atoms with Crippen LogP contribution in [0.5, 0.6) is 0 Å². The Labute approximate surface area is 248 Å². The number of nitro benzene ring substituents is 1. The summed E-state index contributed by atoms with van der Waals surface area (Å²) in [6.45, 7) is 13.6. The van der Waals surface area contributed by atoms with Crippen molar-refractivity contribution in [3.05, 3.63) is 62.2 Å². The number of hydrogen-bond donors (Lipinski definition) is 0. The minimum absolute atomic E-state index is 0.0532. The number of hydrogen-bond acceptors (Lipinski definition) is 11. The van der Waals surface area contributed by atoms with Crippen molar-refractivity contribution in [2.45, 2.75) is 80.6 Å². The number of ketones is 1. The molecule has 0 fully saturated rings. The van der Waals surface area contributed by atoms with Crippen LogP contribution in [0, 0.1) is 24.0 Å². The second kappa shape index (κ2) is 15.0. The van der Waals surface area contributed by atoms with Crippen LogP contribution in [0.15, 0.2) is 34.1 Å². The first kappa shape index (κ1) is 35.6. The van der Waals surface area contributed by atoms with Gasteiger partial charge in [0.1, 0.15) is 0 Å². The number of nitrogens with zero attached hydrogens (tertiary/aromatic N) is 1. The molecule has 0 spiro atoms. The number of rotatable bonds is 6. The summed E-state index contributed by atoms with van der Waals surface area (Å²) in [6.07, 6.45) is 1.52. The van der Waals surface area contributed by atoms with Crippen molar-refractivity contribution in [1.82, 2.24) is 0 Å². The number of aryl methyl sites for hydroxylation is 2. The zero-order valence-corrected chi connectivity index (χ0v) is 26.3. The van der Waals surface area contributed by atoms with Gasteiger partial charge in [-0.2, -0.15) is 9.59 Å². The van der Waals surface area contributed by atoms with Gasteiger partial charge in [-0.25, -0.2) is 9.59 Å². The molecule has 0 saturated carbocycles. The molecule has 0 radical (unpaired) electrons. The maximum absolute atomic E-state index is 12.0. The van der Waals surface area contributed by atoms with Crippen molar-refractivity contribution in [3.63, 3.8) is 0 Å². The first-order valence-corrected chi connectivity index (χ1v) is 14.1. The van der Waals surface area contributed by atoms with Gasteiger partial charge < -0.3 is 9.47 Å². The Morgan fingerprint density at radius 1 is 1.05 bits per heavy atom. The molecule has 41 heavy (non-hydrogen) atoms. The summed E-state index contributed by atoms with van der Waals surface area (Å²) in [7, 11) is 2.63. The standard InChI is InChI=1S/C14H19NO4S.C14H16O3S.CO2/c1-6-14(3,4)20-12-7-9(2)10(13(16)19-5)8-11(12)15(17)18;1-8-5-11-9(6-10(8)13(16)17-4)7-12(15)14(2,3)18-11;2-1-3/h7-8H,6H2,1-5H3;5-6H,7H2,1-4H3;. The molecule has 0 bridgehead atoms. The molecule has 0 N–H and O–H groups in total. The number of nitro groups is 1. The molecule has 0 amide bonds. The third-order valence-electron chi connectivity index (χ3n) is 6.35. The van der Waals surface area contributed by atoms with E-state index in [0.717, 1.165) is 22.4 Å². The van der Waals surface area contributed by atoms with Crippen molar-refractivity contribution >= 4 is 53.1 Å². The lowest BCUT2D eigenvalue weighted by molar-refractivity contribution is -0.387. The molecule has 10 nitrogen and oxygen atoms in total. The highest BCUT2D eigenvalue weighted by atomic mass is 32.2. The monoisotopic (exact) mass is 605 g/mol. The molecule has 2 aromatic rings. The third-order valence-corrected chi connectivity index (χ3v) is 9.07. The average molecular weight is 606 g/mol. The molecule has 12 heteroatoms. The summed E-state index contributed by atoms with van der Waals surface area (Å²) >= 11 is 3.01. The molecule has 0 saturated heterocycles. The number of carbonyl (C=O) groups excluding carboxylic acids is 5. The van der Waals surface area contributed by atoms with Crippen molar-refractivity contribution in [2.75, 3.05) is 14.2 Å². The van der Waals surface area contributed by atoms with Crippen LogP contribution < -0.4 is 0 Å². The minimum atomic E-state index is -0.558. The van der Waals surface area contributed by atoms with E-state index in [1.54, 1.807) is 30.8 Å². The molecule has 0 atom stereocenters. The molecule has 2 aromatic carbocycles. The van der Waals surface area contributed by atoms with Crippen LogP contribution in [0.2, 0.25) is 0 Å². The number of methoxy groups -OCH3 is 2. The van der Waals surface area contributed by atoms with Crippen LogP contribution in [0.4, 0.5) is 5.69 Å². The molecular formula is C29H35NO9S2. The Kier molecular flexibility index (Phi) is 13.0. The topological polar surface area (TPSA) is 147 Å². The molecule has 3 rings (SSSR count). The normalized spacial score (nSPS) is 13.2. The first-order chi connectivity index (χ1) is 19.0. The van der Waals surface area contributed by atoms with Gasteiger partial charge in [0, 0.05) is 22.1 Å². The Bertz CT molecular complexity index is 1360. The summed E-state index contributed by atoms with van der Waals surface area (Å²) in [6, 6.07) is 6.75.